The molecule has 1 fully saturated rings. The van der Waals surface area contributed by atoms with Crippen molar-refractivity contribution in [3.8, 4) is 0 Å². The topological polar surface area (TPSA) is 76.1 Å². The Bertz CT molecular complexity index is 305. The number of likely N-dealkylation sites (N-methyl/N-ethyl adjacent to an activating group) is 1. The summed E-state index contributed by atoms with van der Waals surface area (Å²) in [4.78, 5) is 24.4. The number of carbonyl (C=O) groups is 2. The monoisotopic (exact) mass is 259 g/mol. The summed E-state index contributed by atoms with van der Waals surface area (Å²) in [6.45, 7) is 6.84. The molecule has 6 heteroatoms. The van der Waals surface area contributed by atoms with Crippen LogP contribution >= 0.6 is 0 Å². The summed E-state index contributed by atoms with van der Waals surface area (Å²) in [5, 5.41) is 9.07. The van der Waals surface area contributed by atoms with Gasteiger partial charge in [-0.25, -0.2) is 4.79 Å². The molecule has 1 N–H and O–H groups in total. The van der Waals surface area contributed by atoms with Gasteiger partial charge in [-0.3, -0.25) is 4.79 Å². The summed E-state index contributed by atoms with van der Waals surface area (Å²) in [7, 11) is 0. The second-order valence-electron chi connectivity index (χ2n) is 4.81. The van der Waals surface area contributed by atoms with Crippen LogP contribution in [0.4, 0.5) is 4.79 Å². The molecule has 1 aliphatic heterocycles. The lowest BCUT2D eigenvalue weighted by Crippen LogP contribution is -2.46. The van der Waals surface area contributed by atoms with Gasteiger partial charge < -0.3 is 19.5 Å². The zero-order valence-corrected chi connectivity index (χ0v) is 11.1. The average Bonchev–Trinajstić information content (AvgIpc) is 2.76. The van der Waals surface area contributed by atoms with E-state index in [1.54, 1.807) is 6.92 Å². The highest BCUT2D eigenvalue weighted by atomic mass is 16.6. The molecule has 0 aromatic rings. The van der Waals surface area contributed by atoms with Gasteiger partial charge in [0.2, 0.25) is 0 Å². The van der Waals surface area contributed by atoms with Gasteiger partial charge in [0.25, 0.3) is 0 Å². The molecule has 18 heavy (non-hydrogen) atoms. The van der Waals surface area contributed by atoms with Crippen molar-refractivity contribution in [3.63, 3.8) is 0 Å². The Balaban J connectivity index is 2.64. The van der Waals surface area contributed by atoms with Crippen molar-refractivity contribution in [1.29, 1.82) is 0 Å². The van der Waals surface area contributed by atoms with E-state index in [1.165, 1.54) is 4.90 Å². The van der Waals surface area contributed by atoms with Crippen LogP contribution in [0.5, 0.6) is 0 Å². The van der Waals surface area contributed by atoms with Crippen LogP contribution in [0.1, 0.15) is 20.8 Å². The smallest absolute Gasteiger partial charge is 0.410 e. The summed E-state index contributed by atoms with van der Waals surface area (Å²) in [5.74, 6) is -1.35. The van der Waals surface area contributed by atoms with E-state index in [2.05, 4.69) is 0 Å². The first kappa shape index (κ1) is 14.8. The van der Waals surface area contributed by atoms with E-state index >= 15 is 0 Å². The number of carboxylic acid groups (broad SMARTS) is 1. The highest BCUT2D eigenvalue weighted by Crippen LogP contribution is 2.20. The normalized spacial score (nSPS) is 23.1. The summed E-state index contributed by atoms with van der Waals surface area (Å²) in [5.41, 5.74) is 0. The van der Waals surface area contributed by atoms with Gasteiger partial charge in [-0.1, -0.05) is 13.8 Å². The Labute approximate surface area is 107 Å². The van der Waals surface area contributed by atoms with Gasteiger partial charge in [-0.15, -0.1) is 0 Å². The van der Waals surface area contributed by atoms with E-state index in [0.717, 1.165) is 0 Å². The van der Waals surface area contributed by atoms with E-state index in [1.807, 2.05) is 13.8 Å². The maximum Gasteiger partial charge on any atom is 0.410 e. The van der Waals surface area contributed by atoms with Gasteiger partial charge in [0.05, 0.1) is 25.9 Å². The molecule has 0 spiro atoms. The Morgan fingerprint density at radius 3 is 2.61 bits per heavy atom. The third-order valence-electron chi connectivity index (χ3n) is 2.88. The lowest BCUT2D eigenvalue weighted by molar-refractivity contribution is -0.142. The summed E-state index contributed by atoms with van der Waals surface area (Å²) in [6.07, 6.45) is -0.465. The number of ether oxygens (including phenoxy) is 2. The molecule has 2 unspecified atom stereocenters. The summed E-state index contributed by atoms with van der Waals surface area (Å²) in [6, 6.07) is -0.438. The first-order valence-corrected chi connectivity index (χ1v) is 6.21. The molecule has 6 nitrogen and oxygen atoms in total. The van der Waals surface area contributed by atoms with Crippen molar-refractivity contribution >= 4 is 12.1 Å². The van der Waals surface area contributed by atoms with Crippen molar-refractivity contribution < 1.29 is 24.2 Å². The van der Waals surface area contributed by atoms with Gasteiger partial charge in [0.15, 0.2) is 0 Å². The lowest BCUT2D eigenvalue weighted by Gasteiger charge is -2.28. The zero-order valence-electron chi connectivity index (χ0n) is 11.1. The lowest BCUT2D eigenvalue weighted by atomic mass is 10.0. The minimum absolute atomic E-state index is 0.147. The quantitative estimate of drug-likeness (QED) is 0.802. The van der Waals surface area contributed by atoms with Crippen molar-refractivity contribution in [3.05, 3.63) is 0 Å². The Morgan fingerprint density at radius 1 is 1.44 bits per heavy atom. The van der Waals surface area contributed by atoms with Crippen molar-refractivity contribution in [2.45, 2.75) is 26.8 Å². The summed E-state index contributed by atoms with van der Waals surface area (Å²) >= 11 is 0. The number of amides is 1. The molecular formula is C12H21NO5. The molecule has 0 radical (unpaired) electrons. The van der Waals surface area contributed by atoms with E-state index in [-0.39, 0.29) is 19.1 Å². The average molecular weight is 259 g/mol. The molecule has 1 aliphatic rings. The number of carboxylic acids is 1. The van der Waals surface area contributed by atoms with E-state index in [4.69, 9.17) is 14.6 Å². The molecule has 0 aromatic heterocycles. The summed E-state index contributed by atoms with van der Waals surface area (Å²) < 4.78 is 10.3. The third kappa shape index (κ3) is 3.60. The fraction of sp³-hybridized carbons (Fsp3) is 0.833. The van der Waals surface area contributed by atoms with Crippen LogP contribution in [-0.2, 0) is 14.3 Å². The first-order valence-electron chi connectivity index (χ1n) is 6.21. The Kier molecular flexibility index (Phi) is 5.40. The fourth-order valence-electron chi connectivity index (χ4n) is 1.91. The molecule has 104 valence electrons. The van der Waals surface area contributed by atoms with E-state index < -0.39 is 24.0 Å². The van der Waals surface area contributed by atoms with Crippen LogP contribution < -0.4 is 0 Å². The minimum Gasteiger partial charge on any atom is -0.481 e. The van der Waals surface area contributed by atoms with Crippen LogP contribution in [0.25, 0.3) is 0 Å². The van der Waals surface area contributed by atoms with Crippen molar-refractivity contribution in [2.24, 2.45) is 11.8 Å². The molecule has 1 saturated heterocycles. The van der Waals surface area contributed by atoms with Gasteiger partial charge in [-0.2, -0.15) is 0 Å². The zero-order chi connectivity index (χ0) is 13.7. The largest absolute Gasteiger partial charge is 0.481 e. The Morgan fingerprint density at radius 2 is 2.11 bits per heavy atom. The molecule has 1 rings (SSSR count). The van der Waals surface area contributed by atoms with Crippen molar-refractivity contribution in [2.75, 3.05) is 26.4 Å². The highest BCUT2D eigenvalue weighted by molar-refractivity contribution is 5.74. The van der Waals surface area contributed by atoms with Gasteiger partial charge in [-0.05, 0) is 12.8 Å². The molecular weight excluding hydrogens is 238 g/mol. The Hall–Kier alpha value is -1.30. The highest BCUT2D eigenvalue weighted by Gasteiger charge is 2.40. The second-order valence-corrected chi connectivity index (χ2v) is 4.81. The number of carbonyl (C=O) groups excluding carboxylic acids is 1. The maximum atomic E-state index is 11.9. The molecule has 1 amide bonds. The van der Waals surface area contributed by atoms with Crippen LogP contribution in [0.3, 0.4) is 0 Å². The predicted molar refractivity (Wildman–Crippen MR) is 64.3 cm³/mol. The molecule has 0 aliphatic carbocycles. The number of hydrogen-bond donors (Lipinski definition) is 1. The van der Waals surface area contributed by atoms with Gasteiger partial charge in [0.1, 0.15) is 5.92 Å². The minimum atomic E-state index is -0.937. The standard InChI is InChI=1S/C12H21NO5/c1-4-13(12(16)18-5-8(2)3)10-7-17-6-9(10)11(14)15/h8-10H,4-7H2,1-3H3,(H,14,15). The molecule has 1 heterocycles. The number of hydrogen-bond acceptors (Lipinski definition) is 4. The van der Waals surface area contributed by atoms with E-state index in [9.17, 15) is 9.59 Å². The fourth-order valence-corrected chi connectivity index (χ4v) is 1.91. The molecule has 0 saturated carbocycles. The number of aliphatic carboxylic acids is 1. The predicted octanol–water partition coefficient (Wildman–Crippen LogP) is 1.20. The van der Waals surface area contributed by atoms with Crippen molar-refractivity contribution in [1.82, 2.24) is 4.90 Å². The molecule has 0 aromatic carbocycles. The SMILES string of the molecule is CCN(C(=O)OCC(C)C)C1COCC1C(=O)O. The molecule has 2 atom stereocenters. The van der Waals surface area contributed by atoms with Crippen LogP contribution in [0.2, 0.25) is 0 Å². The first-order chi connectivity index (χ1) is 8.47. The molecule has 0 bridgehead atoms. The van der Waals surface area contributed by atoms with Crippen LogP contribution in [0, 0.1) is 11.8 Å². The van der Waals surface area contributed by atoms with Crippen LogP contribution in [-0.4, -0.2) is 54.5 Å². The maximum absolute atomic E-state index is 11.9. The van der Waals surface area contributed by atoms with Gasteiger partial charge in [0, 0.05) is 6.54 Å². The second kappa shape index (κ2) is 6.58. The van der Waals surface area contributed by atoms with E-state index in [0.29, 0.717) is 13.2 Å². The number of nitrogens with zero attached hydrogens (tertiary/aromatic N) is 1. The third-order valence-corrected chi connectivity index (χ3v) is 2.88. The number of rotatable bonds is 5. The van der Waals surface area contributed by atoms with Crippen LogP contribution in [0.15, 0.2) is 0 Å². The van der Waals surface area contributed by atoms with Gasteiger partial charge >= 0.3 is 12.1 Å².